The number of amides is 2. The van der Waals surface area contributed by atoms with E-state index in [1.165, 1.54) is 5.56 Å². The maximum absolute atomic E-state index is 12.4. The van der Waals surface area contributed by atoms with Crippen LogP contribution in [0, 0.1) is 0 Å². The molecular weight excluding hydrogens is 404 g/mol. The number of carbonyl (C=O) groups is 1. The molecule has 32 heavy (non-hydrogen) atoms. The number of nitrogens with zero attached hydrogens (tertiary/aromatic N) is 1. The molecule has 2 aromatic carbocycles. The molecule has 0 aliphatic carbocycles. The Morgan fingerprint density at radius 1 is 1.03 bits per heavy atom. The largest absolute Gasteiger partial charge is 0.486 e. The van der Waals surface area contributed by atoms with Gasteiger partial charge >= 0.3 is 6.03 Å². The van der Waals surface area contributed by atoms with E-state index in [1.54, 1.807) is 4.90 Å². The molecule has 4 rings (SSSR count). The first-order valence-electron chi connectivity index (χ1n) is 11.6. The number of hydrazine groups is 1. The molecule has 3 N–H and O–H groups in total. The van der Waals surface area contributed by atoms with Crippen LogP contribution in [0.4, 0.5) is 4.79 Å². The van der Waals surface area contributed by atoms with E-state index in [0.717, 1.165) is 50.1 Å². The third-order valence-corrected chi connectivity index (χ3v) is 6.13. The summed E-state index contributed by atoms with van der Waals surface area (Å²) >= 11 is 0. The van der Waals surface area contributed by atoms with Gasteiger partial charge in [-0.2, -0.15) is 0 Å². The minimum atomic E-state index is -0.172. The van der Waals surface area contributed by atoms with Gasteiger partial charge in [0.2, 0.25) is 0 Å². The highest BCUT2D eigenvalue weighted by Gasteiger charge is 2.24. The maximum Gasteiger partial charge on any atom is 0.317 e. The Labute approximate surface area is 190 Å². The lowest BCUT2D eigenvalue weighted by Crippen LogP contribution is -2.45. The van der Waals surface area contributed by atoms with Gasteiger partial charge in [0, 0.05) is 25.7 Å². The van der Waals surface area contributed by atoms with Crippen molar-refractivity contribution in [3.05, 3.63) is 60.2 Å². The molecule has 0 saturated carbocycles. The lowest BCUT2D eigenvalue weighted by Gasteiger charge is -2.27. The number of ether oxygens (including phenoxy) is 2. The van der Waals surface area contributed by atoms with Crippen molar-refractivity contribution in [2.45, 2.75) is 50.3 Å². The number of unbranched alkanes of at least 4 members (excludes halogenated alkanes) is 2. The van der Waals surface area contributed by atoms with Crippen LogP contribution in [0.3, 0.4) is 0 Å². The first-order chi connectivity index (χ1) is 15.7. The summed E-state index contributed by atoms with van der Waals surface area (Å²) in [6.45, 7) is 1.62. The number of hydrogen-bond acceptors (Lipinski definition) is 5. The zero-order valence-corrected chi connectivity index (χ0v) is 18.8. The standard InChI is InChI=1S/C25H34N4O3/c1-29(25(30)26-17-21-18-31-23-13-7-8-14-24(23)32-21)15-9-3-6-12-20-16-22(28-27-20)19-10-4-2-5-11-19/h2,4-5,7-8,10-11,13-14,20-22,27-28H,3,6,9,12,15-18H2,1H3,(H,26,30). The first kappa shape index (κ1) is 22.4. The van der Waals surface area contributed by atoms with Crippen LogP contribution in [0.1, 0.15) is 43.7 Å². The van der Waals surface area contributed by atoms with E-state index in [0.29, 0.717) is 25.2 Å². The normalized spacial score (nSPS) is 21.8. The highest BCUT2D eigenvalue weighted by molar-refractivity contribution is 5.73. The molecule has 0 spiro atoms. The van der Waals surface area contributed by atoms with E-state index in [9.17, 15) is 4.79 Å². The molecule has 0 aromatic heterocycles. The average molecular weight is 439 g/mol. The summed E-state index contributed by atoms with van der Waals surface area (Å²) in [5, 5.41) is 2.95. The number of carbonyl (C=O) groups excluding carboxylic acids is 1. The van der Waals surface area contributed by atoms with E-state index in [2.05, 4.69) is 46.5 Å². The van der Waals surface area contributed by atoms with Crippen molar-refractivity contribution in [1.82, 2.24) is 21.1 Å². The van der Waals surface area contributed by atoms with Gasteiger partial charge in [-0.05, 0) is 37.0 Å². The van der Waals surface area contributed by atoms with Gasteiger partial charge in [0.1, 0.15) is 6.61 Å². The molecule has 172 valence electrons. The fourth-order valence-corrected chi connectivity index (χ4v) is 4.23. The van der Waals surface area contributed by atoms with Crippen molar-refractivity contribution in [2.75, 3.05) is 26.7 Å². The van der Waals surface area contributed by atoms with Crippen LogP contribution in [0.15, 0.2) is 54.6 Å². The van der Waals surface area contributed by atoms with Crippen molar-refractivity contribution in [3.63, 3.8) is 0 Å². The molecule has 7 heteroatoms. The monoisotopic (exact) mass is 438 g/mol. The lowest BCUT2D eigenvalue weighted by molar-refractivity contribution is 0.0905. The number of hydrogen-bond donors (Lipinski definition) is 3. The SMILES string of the molecule is CN(CCCCCC1CC(c2ccccc2)NN1)C(=O)NCC1COc2ccccc2O1. The minimum Gasteiger partial charge on any atom is -0.486 e. The number of para-hydroxylation sites is 2. The topological polar surface area (TPSA) is 74.9 Å². The smallest absolute Gasteiger partial charge is 0.317 e. The van der Waals surface area contributed by atoms with Gasteiger partial charge in [0.15, 0.2) is 17.6 Å². The van der Waals surface area contributed by atoms with Crippen LogP contribution >= 0.6 is 0 Å². The predicted octanol–water partition coefficient (Wildman–Crippen LogP) is 3.64. The molecule has 0 bridgehead atoms. The second-order valence-corrected chi connectivity index (χ2v) is 8.64. The molecule has 1 saturated heterocycles. The quantitative estimate of drug-likeness (QED) is 0.521. The molecule has 3 atom stereocenters. The van der Waals surface area contributed by atoms with E-state index < -0.39 is 0 Å². The Hall–Kier alpha value is -2.77. The second kappa shape index (κ2) is 11.2. The van der Waals surface area contributed by atoms with Crippen LogP contribution in [0.5, 0.6) is 11.5 Å². The number of nitrogens with one attached hydrogen (secondary N) is 3. The minimum absolute atomic E-state index is 0.0696. The molecule has 2 aliphatic heterocycles. The molecule has 7 nitrogen and oxygen atoms in total. The summed E-state index contributed by atoms with van der Waals surface area (Å²) in [5.74, 6) is 1.49. The molecule has 2 amide bonds. The highest BCUT2D eigenvalue weighted by atomic mass is 16.6. The van der Waals surface area contributed by atoms with Crippen molar-refractivity contribution in [3.8, 4) is 11.5 Å². The Kier molecular flexibility index (Phi) is 7.85. The molecule has 0 radical (unpaired) electrons. The summed E-state index contributed by atoms with van der Waals surface area (Å²) in [7, 11) is 1.84. The van der Waals surface area contributed by atoms with Crippen LogP contribution in [0.25, 0.3) is 0 Å². The van der Waals surface area contributed by atoms with Crippen LogP contribution < -0.4 is 25.6 Å². The number of benzene rings is 2. The fraction of sp³-hybridized carbons (Fsp3) is 0.480. The Morgan fingerprint density at radius 3 is 2.66 bits per heavy atom. The molecule has 2 aromatic rings. The van der Waals surface area contributed by atoms with Gasteiger partial charge in [-0.1, -0.05) is 55.3 Å². The Morgan fingerprint density at radius 2 is 1.81 bits per heavy atom. The van der Waals surface area contributed by atoms with Crippen molar-refractivity contribution >= 4 is 6.03 Å². The first-order valence-corrected chi connectivity index (χ1v) is 11.6. The summed E-state index contributed by atoms with van der Waals surface area (Å²) in [6.07, 6.45) is 5.36. The van der Waals surface area contributed by atoms with Crippen molar-refractivity contribution in [1.29, 1.82) is 0 Å². The number of urea groups is 1. The zero-order valence-electron chi connectivity index (χ0n) is 18.8. The second-order valence-electron chi connectivity index (χ2n) is 8.64. The Bertz CT molecular complexity index is 863. The third kappa shape index (κ3) is 6.14. The summed E-state index contributed by atoms with van der Waals surface area (Å²) in [6, 6.07) is 19.0. The lowest BCUT2D eigenvalue weighted by atomic mass is 9.99. The molecule has 2 heterocycles. The number of fused-ring (bicyclic) bond motifs is 1. The predicted molar refractivity (Wildman–Crippen MR) is 125 cm³/mol. The summed E-state index contributed by atoms with van der Waals surface area (Å²) in [5.41, 5.74) is 8.18. The summed E-state index contributed by atoms with van der Waals surface area (Å²) in [4.78, 5) is 14.1. The molecule has 3 unspecified atom stereocenters. The van der Waals surface area contributed by atoms with E-state index >= 15 is 0 Å². The maximum atomic E-state index is 12.4. The number of rotatable bonds is 9. The summed E-state index contributed by atoms with van der Waals surface area (Å²) < 4.78 is 11.6. The van der Waals surface area contributed by atoms with Crippen LogP contribution in [0.2, 0.25) is 0 Å². The average Bonchev–Trinajstić information content (AvgIpc) is 3.31. The van der Waals surface area contributed by atoms with Crippen molar-refractivity contribution < 1.29 is 14.3 Å². The van der Waals surface area contributed by atoms with Gasteiger partial charge in [0.25, 0.3) is 0 Å². The van der Waals surface area contributed by atoms with Gasteiger partial charge in [-0.25, -0.2) is 4.79 Å². The van der Waals surface area contributed by atoms with Gasteiger partial charge in [-0.15, -0.1) is 0 Å². The molecular formula is C25H34N4O3. The van der Waals surface area contributed by atoms with E-state index in [4.69, 9.17) is 9.47 Å². The van der Waals surface area contributed by atoms with E-state index in [1.807, 2.05) is 31.3 Å². The molecule has 2 aliphatic rings. The van der Waals surface area contributed by atoms with Crippen LogP contribution in [-0.2, 0) is 0 Å². The highest BCUT2D eigenvalue weighted by Crippen LogP contribution is 2.30. The fourth-order valence-electron chi connectivity index (χ4n) is 4.23. The van der Waals surface area contributed by atoms with Gasteiger partial charge < -0.3 is 19.7 Å². The molecule has 1 fully saturated rings. The third-order valence-electron chi connectivity index (χ3n) is 6.13. The zero-order chi connectivity index (χ0) is 22.2. The van der Waals surface area contributed by atoms with Gasteiger partial charge in [-0.3, -0.25) is 10.9 Å². The van der Waals surface area contributed by atoms with Crippen molar-refractivity contribution in [2.24, 2.45) is 0 Å². The Balaban J connectivity index is 1.06. The van der Waals surface area contributed by atoms with E-state index in [-0.39, 0.29) is 12.1 Å². The van der Waals surface area contributed by atoms with Crippen LogP contribution in [-0.4, -0.2) is 49.8 Å². The van der Waals surface area contributed by atoms with Gasteiger partial charge in [0.05, 0.1) is 6.54 Å².